The number of carbonyl (C=O) groups excluding carboxylic acids is 2. The molecule has 4 rings (SSSR count). The van der Waals surface area contributed by atoms with Crippen LogP contribution in [0.4, 0.5) is 5.69 Å². The summed E-state index contributed by atoms with van der Waals surface area (Å²) in [6.45, 7) is 10.8. The standard InChI is InChI=1S/C26H29ClN10O3/c1-14-10-17(15(2)34-40)11-19(24(38)30-26(4,5)6)22(14)29-25(39)21-12-18(13-36-32-16(3)31-35-36)33-37(21)23-20(27)8-7-9-28-23/h7-12,40H,13H2,1-6H3,(H,29,39)(H,30,38)/b34-15+. The highest BCUT2D eigenvalue weighted by Crippen LogP contribution is 2.26. The van der Waals surface area contributed by atoms with Crippen molar-refractivity contribution in [1.29, 1.82) is 0 Å². The van der Waals surface area contributed by atoms with Crippen molar-refractivity contribution in [3.8, 4) is 5.82 Å². The minimum Gasteiger partial charge on any atom is -0.411 e. The molecular weight excluding hydrogens is 536 g/mol. The summed E-state index contributed by atoms with van der Waals surface area (Å²) in [5, 5.41) is 35.2. The number of aromatic nitrogens is 7. The molecule has 4 aromatic rings. The smallest absolute Gasteiger partial charge is 0.274 e. The highest BCUT2D eigenvalue weighted by molar-refractivity contribution is 6.32. The van der Waals surface area contributed by atoms with Gasteiger partial charge in [-0.3, -0.25) is 9.59 Å². The molecule has 208 valence electrons. The van der Waals surface area contributed by atoms with Gasteiger partial charge in [0.25, 0.3) is 11.8 Å². The molecule has 0 spiro atoms. The van der Waals surface area contributed by atoms with Crippen molar-refractivity contribution in [2.45, 2.75) is 53.6 Å². The van der Waals surface area contributed by atoms with Crippen LogP contribution in [0, 0.1) is 13.8 Å². The summed E-state index contributed by atoms with van der Waals surface area (Å²) in [4.78, 5) is 32.8. The molecule has 0 fully saturated rings. The normalized spacial score (nSPS) is 11.9. The number of hydrogen-bond donors (Lipinski definition) is 3. The lowest BCUT2D eigenvalue weighted by Gasteiger charge is -2.23. The highest BCUT2D eigenvalue weighted by atomic mass is 35.5. The molecule has 0 aliphatic heterocycles. The summed E-state index contributed by atoms with van der Waals surface area (Å²) in [6.07, 6.45) is 1.54. The average Bonchev–Trinajstić information content (AvgIpc) is 3.49. The van der Waals surface area contributed by atoms with E-state index in [0.29, 0.717) is 28.4 Å². The molecule has 13 nitrogen and oxygen atoms in total. The summed E-state index contributed by atoms with van der Waals surface area (Å²) in [5.41, 5.74) is 1.94. The fourth-order valence-corrected chi connectivity index (χ4v) is 4.08. The molecule has 0 atom stereocenters. The van der Waals surface area contributed by atoms with Gasteiger partial charge >= 0.3 is 0 Å². The van der Waals surface area contributed by atoms with Gasteiger partial charge < -0.3 is 15.8 Å². The van der Waals surface area contributed by atoms with Gasteiger partial charge in [0.15, 0.2) is 11.6 Å². The molecule has 0 unspecified atom stereocenters. The Morgan fingerprint density at radius 1 is 1.12 bits per heavy atom. The van der Waals surface area contributed by atoms with Gasteiger partial charge in [0.1, 0.15) is 12.2 Å². The second kappa shape index (κ2) is 11.2. The summed E-state index contributed by atoms with van der Waals surface area (Å²) >= 11 is 6.40. The lowest BCUT2D eigenvalue weighted by molar-refractivity contribution is 0.0920. The van der Waals surface area contributed by atoms with Gasteiger partial charge in [-0.2, -0.15) is 9.90 Å². The Morgan fingerprint density at radius 3 is 2.50 bits per heavy atom. The van der Waals surface area contributed by atoms with E-state index in [9.17, 15) is 14.8 Å². The molecule has 0 bridgehead atoms. The molecular formula is C26H29ClN10O3. The van der Waals surface area contributed by atoms with E-state index in [-0.39, 0.29) is 34.3 Å². The monoisotopic (exact) mass is 564 g/mol. The number of hydrogen-bond acceptors (Lipinski definition) is 9. The Hall–Kier alpha value is -4.65. The Kier molecular flexibility index (Phi) is 7.96. The number of halogens is 1. The van der Waals surface area contributed by atoms with E-state index in [4.69, 9.17) is 11.6 Å². The maximum atomic E-state index is 13.8. The second-order valence-electron chi connectivity index (χ2n) is 10.2. The first kappa shape index (κ1) is 28.4. The molecule has 3 N–H and O–H groups in total. The third kappa shape index (κ3) is 6.31. The maximum Gasteiger partial charge on any atom is 0.274 e. The number of nitrogens with one attached hydrogen (secondary N) is 2. The van der Waals surface area contributed by atoms with Crippen molar-refractivity contribution in [3.63, 3.8) is 0 Å². The van der Waals surface area contributed by atoms with E-state index in [1.54, 1.807) is 51.1 Å². The maximum absolute atomic E-state index is 13.8. The first-order chi connectivity index (χ1) is 18.9. The third-order valence-corrected chi connectivity index (χ3v) is 5.96. The summed E-state index contributed by atoms with van der Waals surface area (Å²) < 4.78 is 1.33. The molecule has 1 aromatic carbocycles. The van der Waals surface area contributed by atoms with E-state index >= 15 is 0 Å². The number of pyridine rings is 1. The molecule has 3 aromatic heterocycles. The van der Waals surface area contributed by atoms with Crippen LogP contribution in [-0.4, -0.2) is 63.2 Å². The van der Waals surface area contributed by atoms with Crippen LogP contribution in [0.5, 0.6) is 0 Å². The number of tetrazole rings is 1. The molecule has 0 saturated heterocycles. The van der Waals surface area contributed by atoms with Crippen LogP contribution in [0.2, 0.25) is 5.02 Å². The number of amides is 2. The minimum atomic E-state index is -0.559. The summed E-state index contributed by atoms with van der Waals surface area (Å²) in [5.74, 6) is -0.230. The van der Waals surface area contributed by atoms with Crippen molar-refractivity contribution in [3.05, 3.63) is 75.5 Å². The Balaban J connectivity index is 1.79. The fourth-order valence-electron chi connectivity index (χ4n) is 3.88. The average molecular weight is 565 g/mol. The second-order valence-corrected chi connectivity index (χ2v) is 10.6. The van der Waals surface area contributed by atoms with Crippen molar-refractivity contribution in [2.75, 3.05) is 5.32 Å². The van der Waals surface area contributed by atoms with E-state index in [2.05, 4.69) is 41.3 Å². The molecule has 0 radical (unpaired) electrons. The molecule has 0 aliphatic carbocycles. The Bertz CT molecular complexity index is 1620. The number of benzene rings is 1. The van der Waals surface area contributed by atoms with Gasteiger partial charge in [0.05, 0.1) is 27.7 Å². The SMILES string of the molecule is C/C(=N\O)c1cc(C)c(NC(=O)c2cc(Cn3nnc(C)n3)nn2-c2ncccc2Cl)c(C(=O)NC(C)(C)C)c1. The molecule has 0 aliphatic rings. The Morgan fingerprint density at radius 2 is 1.88 bits per heavy atom. The van der Waals surface area contributed by atoms with E-state index in [0.717, 1.165) is 0 Å². The van der Waals surface area contributed by atoms with Crippen molar-refractivity contribution < 1.29 is 14.8 Å². The summed E-state index contributed by atoms with van der Waals surface area (Å²) in [7, 11) is 0. The number of nitrogens with zero attached hydrogens (tertiary/aromatic N) is 8. The van der Waals surface area contributed by atoms with Gasteiger partial charge in [0.2, 0.25) is 0 Å². The minimum absolute atomic E-state index is 0.117. The predicted octanol–water partition coefficient (Wildman–Crippen LogP) is 3.55. The third-order valence-electron chi connectivity index (χ3n) is 5.66. The fraction of sp³-hybridized carbons (Fsp3) is 0.308. The van der Waals surface area contributed by atoms with E-state index < -0.39 is 17.4 Å². The number of rotatable bonds is 7. The number of aryl methyl sites for hydroxylation is 2. The van der Waals surface area contributed by atoms with Crippen molar-refractivity contribution >= 4 is 34.8 Å². The molecule has 14 heteroatoms. The predicted molar refractivity (Wildman–Crippen MR) is 148 cm³/mol. The van der Waals surface area contributed by atoms with Gasteiger partial charge in [-0.15, -0.1) is 10.2 Å². The molecule has 3 heterocycles. The molecule has 40 heavy (non-hydrogen) atoms. The first-order valence-electron chi connectivity index (χ1n) is 12.3. The van der Waals surface area contributed by atoms with Crippen LogP contribution in [0.15, 0.2) is 41.7 Å². The zero-order valence-corrected chi connectivity index (χ0v) is 23.6. The zero-order valence-electron chi connectivity index (χ0n) is 22.9. The van der Waals surface area contributed by atoms with Crippen LogP contribution >= 0.6 is 11.6 Å². The van der Waals surface area contributed by atoms with Crippen molar-refractivity contribution in [1.82, 2.24) is 40.3 Å². The first-order valence-corrected chi connectivity index (χ1v) is 12.7. The molecule has 2 amide bonds. The highest BCUT2D eigenvalue weighted by Gasteiger charge is 2.25. The lowest BCUT2D eigenvalue weighted by atomic mass is 9.99. The quantitative estimate of drug-likeness (QED) is 0.174. The van der Waals surface area contributed by atoms with E-state index in [1.807, 2.05) is 20.8 Å². The van der Waals surface area contributed by atoms with Gasteiger partial charge in [-0.25, -0.2) is 9.67 Å². The van der Waals surface area contributed by atoms with Crippen molar-refractivity contribution in [2.24, 2.45) is 5.16 Å². The van der Waals surface area contributed by atoms with Gasteiger partial charge in [0, 0.05) is 17.3 Å². The van der Waals surface area contributed by atoms with Crippen LogP contribution in [-0.2, 0) is 6.54 Å². The number of carbonyl (C=O) groups is 2. The number of oxime groups is 1. The molecule has 0 saturated carbocycles. The lowest BCUT2D eigenvalue weighted by Crippen LogP contribution is -2.41. The van der Waals surface area contributed by atoms with Crippen LogP contribution in [0.1, 0.15) is 71.2 Å². The number of anilines is 1. The van der Waals surface area contributed by atoms with Crippen LogP contribution in [0.3, 0.4) is 0 Å². The Labute approximate surface area is 235 Å². The summed E-state index contributed by atoms with van der Waals surface area (Å²) in [6, 6.07) is 8.16. The van der Waals surface area contributed by atoms with Gasteiger partial charge in [-0.1, -0.05) is 16.8 Å². The van der Waals surface area contributed by atoms with Gasteiger partial charge in [-0.05, 0) is 82.7 Å². The van der Waals surface area contributed by atoms with Crippen LogP contribution < -0.4 is 10.6 Å². The van der Waals surface area contributed by atoms with Crippen LogP contribution in [0.25, 0.3) is 5.82 Å². The van der Waals surface area contributed by atoms with E-state index in [1.165, 1.54) is 15.7 Å². The zero-order chi connectivity index (χ0) is 29.2. The largest absolute Gasteiger partial charge is 0.411 e. The topological polar surface area (TPSA) is 165 Å².